The second-order valence-electron chi connectivity index (χ2n) is 3.73. The summed E-state index contributed by atoms with van der Waals surface area (Å²) in [6, 6.07) is 0.399. The Morgan fingerprint density at radius 1 is 1.67 bits per heavy atom. The zero-order valence-corrected chi connectivity index (χ0v) is 8.43. The number of rotatable bonds is 4. The summed E-state index contributed by atoms with van der Waals surface area (Å²) < 4.78 is 0. The van der Waals surface area contributed by atoms with Crippen molar-refractivity contribution in [2.24, 2.45) is 5.92 Å². The van der Waals surface area contributed by atoms with Crippen LogP contribution in [0.4, 0.5) is 0 Å². The summed E-state index contributed by atoms with van der Waals surface area (Å²) in [4.78, 5) is 2.35. The lowest BCUT2D eigenvalue weighted by Crippen LogP contribution is -2.35. The molecule has 72 valence electrons. The average Bonchev–Trinajstić information content (AvgIpc) is 2.51. The molecular formula is C9H18ClNO. The molecule has 1 rings (SSSR count). The standard InChI is InChI=1S/C9H18ClNO/c1-8(5-10)6-11-4-2-3-9(11)7-12/h8-9,12H,2-7H2,1H3. The molecule has 0 radical (unpaired) electrons. The summed E-state index contributed by atoms with van der Waals surface area (Å²) in [5.74, 6) is 1.26. The predicted molar refractivity (Wildman–Crippen MR) is 51.6 cm³/mol. The molecule has 1 saturated heterocycles. The molecule has 1 aliphatic rings. The van der Waals surface area contributed by atoms with Crippen molar-refractivity contribution in [3.8, 4) is 0 Å². The van der Waals surface area contributed by atoms with Crippen molar-refractivity contribution < 1.29 is 5.11 Å². The van der Waals surface area contributed by atoms with Crippen LogP contribution in [-0.4, -0.2) is 41.6 Å². The van der Waals surface area contributed by atoms with E-state index in [1.165, 1.54) is 6.42 Å². The normalized spacial score (nSPS) is 27.8. The van der Waals surface area contributed by atoms with Gasteiger partial charge in [0.1, 0.15) is 0 Å². The van der Waals surface area contributed by atoms with Gasteiger partial charge in [-0.15, -0.1) is 11.6 Å². The van der Waals surface area contributed by atoms with Gasteiger partial charge in [0.15, 0.2) is 0 Å². The van der Waals surface area contributed by atoms with Crippen molar-refractivity contribution in [1.82, 2.24) is 4.90 Å². The summed E-state index contributed by atoms with van der Waals surface area (Å²) in [5.41, 5.74) is 0. The van der Waals surface area contributed by atoms with Crippen LogP contribution in [-0.2, 0) is 0 Å². The topological polar surface area (TPSA) is 23.5 Å². The van der Waals surface area contributed by atoms with Crippen LogP contribution in [0.25, 0.3) is 0 Å². The molecule has 0 aliphatic carbocycles. The maximum absolute atomic E-state index is 9.05. The van der Waals surface area contributed by atoms with Gasteiger partial charge in [0.05, 0.1) is 6.61 Å². The number of likely N-dealkylation sites (tertiary alicyclic amines) is 1. The Labute approximate surface area is 79.5 Å². The van der Waals surface area contributed by atoms with Gasteiger partial charge < -0.3 is 5.11 Å². The molecule has 12 heavy (non-hydrogen) atoms. The molecule has 0 bridgehead atoms. The summed E-state index contributed by atoms with van der Waals surface area (Å²) in [6.07, 6.45) is 2.37. The molecule has 0 spiro atoms. The minimum absolute atomic E-state index is 0.301. The second kappa shape index (κ2) is 5.05. The SMILES string of the molecule is CC(CCl)CN1CCCC1CO. The Balaban J connectivity index is 2.30. The van der Waals surface area contributed by atoms with Crippen molar-refractivity contribution in [2.45, 2.75) is 25.8 Å². The molecule has 2 nitrogen and oxygen atoms in total. The highest BCUT2D eigenvalue weighted by molar-refractivity contribution is 6.18. The monoisotopic (exact) mass is 191 g/mol. The Bertz CT molecular complexity index is 132. The molecule has 0 saturated carbocycles. The summed E-state index contributed by atoms with van der Waals surface area (Å²) in [7, 11) is 0. The largest absolute Gasteiger partial charge is 0.395 e. The van der Waals surface area contributed by atoms with Crippen molar-refractivity contribution in [2.75, 3.05) is 25.6 Å². The first-order chi connectivity index (χ1) is 5.77. The van der Waals surface area contributed by atoms with E-state index in [-0.39, 0.29) is 0 Å². The first kappa shape index (κ1) is 10.3. The van der Waals surface area contributed by atoms with E-state index in [1.54, 1.807) is 0 Å². The zero-order chi connectivity index (χ0) is 8.97. The van der Waals surface area contributed by atoms with Gasteiger partial charge in [0.25, 0.3) is 0 Å². The van der Waals surface area contributed by atoms with Crippen LogP contribution < -0.4 is 0 Å². The van der Waals surface area contributed by atoms with E-state index in [2.05, 4.69) is 11.8 Å². The van der Waals surface area contributed by atoms with Crippen LogP contribution in [0.3, 0.4) is 0 Å². The molecule has 2 atom stereocenters. The maximum Gasteiger partial charge on any atom is 0.0586 e. The van der Waals surface area contributed by atoms with Gasteiger partial charge in [-0.25, -0.2) is 0 Å². The number of nitrogens with zero attached hydrogens (tertiary/aromatic N) is 1. The molecule has 0 aromatic heterocycles. The lowest BCUT2D eigenvalue weighted by molar-refractivity contribution is 0.148. The highest BCUT2D eigenvalue weighted by Gasteiger charge is 2.24. The van der Waals surface area contributed by atoms with E-state index in [0.717, 1.165) is 19.5 Å². The van der Waals surface area contributed by atoms with Crippen LogP contribution in [0.2, 0.25) is 0 Å². The summed E-state index contributed by atoms with van der Waals surface area (Å²) >= 11 is 5.73. The Morgan fingerprint density at radius 2 is 2.42 bits per heavy atom. The number of alkyl halides is 1. The van der Waals surface area contributed by atoms with Gasteiger partial charge in [-0.3, -0.25) is 4.90 Å². The lowest BCUT2D eigenvalue weighted by Gasteiger charge is -2.24. The second-order valence-corrected chi connectivity index (χ2v) is 4.04. The molecule has 0 amide bonds. The van der Waals surface area contributed by atoms with Crippen molar-refractivity contribution in [3.05, 3.63) is 0 Å². The highest BCUT2D eigenvalue weighted by Crippen LogP contribution is 2.18. The fourth-order valence-electron chi connectivity index (χ4n) is 1.79. The first-order valence-electron chi connectivity index (χ1n) is 4.68. The van der Waals surface area contributed by atoms with Crippen LogP contribution in [0.15, 0.2) is 0 Å². The van der Waals surface area contributed by atoms with E-state index in [4.69, 9.17) is 16.7 Å². The number of aliphatic hydroxyl groups excluding tert-OH is 1. The third kappa shape index (κ3) is 2.61. The minimum atomic E-state index is 0.301. The predicted octanol–water partition coefficient (Wildman–Crippen LogP) is 1.32. The Morgan fingerprint density at radius 3 is 3.00 bits per heavy atom. The van der Waals surface area contributed by atoms with E-state index in [0.29, 0.717) is 24.4 Å². The van der Waals surface area contributed by atoms with Crippen molar-refractivity contribution in [1.29, 1.82) is 0 Å². The zero-order valence-electron chi connectivity index (χ0n) is 7.67. The van der Waals surface area contributed by atoms with Crippen LogP contribution >= 0.6 is 11.6 Å². The molecule has 3 heteroatoms. The molecule has 2 unspecified atom stereocenters. The smallest absolute Gasteiger partial charge is 0.0586 e. The van der Waals surface area contributed by atoms with E-state index < -0.39 is 0 Å². The van der Waals surface area contributed by atoms with Gasteiger partial charge in [-0.05, 0) is 25.3 Å². The van der Waals surface area contributed by atoms with Gasteiger partial charge in [0, 0.05) is 18.5 Å². The number of hydrogen-bond acceptors (Lipinski definition) is 2. The molecule has 0 aromatic rings. The number of aliphatic hydroxyl groups is 1. The molecule has 0 aromatic carbocycles. The third-order valence-electron chi connectivity index (χ3n) is 2.52. The number of hydrogen-bond donors (Lipinski definition) is 1. The highest BCUT2D eigenvalue weighted by atomic mass is 35.5. The van der Waals surface area contributed by atoms with Crippen molar-refractivity contribution >= 4 is 11.6 Å². The molecule has 1 aliphatic heterocycles. The first-order valence-corrected chi connectivity index (χ1v) is 5.22. The van der Waals surface area contributed by atoms with E-state index >= 15 is 0 Å². The quantitative estimate of drug-likeness (QED) is 0.678. The fraction of sp³-hybridized carbons (Fsp3) is 1.00. The minimum Gasteiger partial charge on any atom is -0.395 e. The van der Waals surface area contributed by atoms with Crippen LogP contribution in [0.1, 0.15) is 19.8 Å². The summed E-state index contributed by atoms with van der Waals surface area (Å²) in [6.45, 7) is 4.62. The molecule has 1 N–H and O–H groups in total. The molecule has 1 heterocycles. The van der Waals surface area contributed by atoms with Crippen LogP contribution in [0, 0.1) is 5.92 Å². The maximum atomic E-state index is 9.05. The summed E-state index contributed by atoms with van der Waals surface area (Å²) in [5, 5.41) is 9.05. The average molecular weight is 192 g/mol. The van der Waals surface area contributed by atoms with Crippen LogP contribution in [0.5, 0.6) is 0 Å². The van der Waals surface area contributed by atoms with E-state index in [9.17, 15) is 0 Å². The van der Waals surface area contributed by atoms with Gasteiger partial charge in [-0.1, -0.05) is 6.92 Å². The molecule has 1 fully saturated rings. The third-order valence-corrected chi connectivity index (χ3v) is 3.05. The Kier molecular flexibility index (Phi) is 4.33. The Hall–Kier alpha value is 0.210. The lowest BCUT2D eigenvalue weighted by atomic mass is 10.2. The molecular weight excluding hydrogens is 174 g/mol. The van der Waals surface area contributed by atoms with Gasteiger partial charge >= 0.3 is 0 Å². The fourth-order valence-corrected chi connectivity index (χ4v) is 1.89. The van der Waals surface area contributed by atoms with Gasteiger partial charge in [0.2, 0.25) is 0 Å². The van der Waals surface area contributed by atoms with E-state index in [1.807, 2.05) is 0 Å². The number of halogens is 1. The van der Waals surface area contributed by atoms with Crippen molar-refractivity contribution in [3.63, 3.8) is 0 Å². The van der Waals surface area contributed by atoms with Gasteiger partial charge in [-0.2, -0.15) is 0 Å².